The molecular formula is C22H11Cl2F5N2O. The van der Waals surface area contributed by atoms with E-state index in [0.29, 0.717) is 6.07 Å². The van der Waals surface area contributed by atoms with Crippen molar-refractivity contribution in [3.8, 4) is 11.3 Å². The van der Waals surface area contributed by atoms with Crippen molar-refractivity contribution in [3.05, 3.63) is 97.6 Å². The summed E-state index contributed by atoms with van der Waals surface area (Å²) in [4.78, 5) is 13.1. The Labute approximate surface area is 187 Å². The third-order valence-corrected chi connectivity index (χ3v) is 5.45. The van der Waals surface area contributed by atoms with E-state index < -0.39 is 33.8 Å². The minimum atomic E-state index is -4.75. The Kier molecular flexibility index (Phi) is 5.68. The molecule has 0 aliphatic heterocycles. The van der Waals surface area contributed by atoms with Crippen LogP contribution < -0.4 is 5.43 Å². The number of nitrogens with zero attached hydrogens (tertiary/aromatic N) is 2. The van der Waals surface area contributed by atoms with E-state index in [2.05, 4.69) is 5.10 Å². The van der Waals surface area contributed by atoms with Gasteiger partial charge in [0.25, 0.3) is 0 Å². The lowest BCUT2D eigenvalue weighted by molar-refractivity contribution is -0.137. The summed E-state index contributed by atoms with van der Waals surface area (Å²) in [6, 6.07) is 10.4. The molecule has 0 amide bonds. The molecule has 0 aliphatic rings. The van der Waals surface area contributed by atoms with Gasteiger partial charge in [0.05, 0.1) is 28.0 Å². The first kappa shape index (κ1) is 22.2. The van der Waals surface area contributed by atoms with Gasteiger partial charge in [0.2, 0.25) is 5.43 Å². The van der Waals surface area contributed by atoms with Gasteiger partial charge < -0.3 is 0 Å². The molecule has 0 aliphatic carbocycles. The van der Waals surface area contributed by atoms with E-state index in [4.69, 9.17) is 23.2 Å². The molecule has 0 bridgehead atoms. The molecule has 0 radical (unpaired) electrons. The van der Waals surface area contributed by atoms with Gasteiger partial charge in [0.1, 0.15) is 17.3 Å². The number of benzene rings is 3. The lowest BCUT2D eigenvalue weighted by Crippen LogP contribution is -2.18. The van der Waals surface area contributed by atoms with Crippen LogP contribution >= 0.6 is 23.2 Å². The fourth-order valence-corrected chi connectivity index (χ4v) is 3.80. The van der Waals surface area contributed by atoms with Gasteiger partial charge in [-0.3, -0.25) is 9.48 Å². The molecule has 0 N–H and O–H groups in total. The summed E-state index contributed by atoms with van der Waals surface area (Å²) in [5.41, 5.74) is -2.10. The Bertz CT molecular complexity index is 1420. The van der Waals surface area contributed by atoms with Crippen LogP contribution in [0.4, 0.5) is 22.0 Å². The van der Waals surface area contributed by atoms with Crippen molar-refractivity contribution in [1.82, 2.24) is 9.78 Å². The first-order chi connectivity index (χ1) is 15.1. The van der Waals surface area contributed by atoms with Crippen LogP contribution in [-0.2, 0) is 12.7 Å². The fourth-order valence-electron chi connectivity index (χ4n) is 3.30. The summed E-state index contributed by atoms with van der Waals surface area (Å²) >= 11 is 12.0. The molecule has 0 unspecified atom stereocenters. The van der Waals surface area contributed by atoms with E-state index in [9.17, 15) is 26.7 Å². The smallest absolute Gasteiger partial charge is 0.287 e. The Morgan fingerprint density at radius 3 is 2.41 bits per heavy atom. The molecule has 164 valence electrons. The Balaban J connectivity index is 1.99. The standard InChI is InChI=1S/C22H11Cl2F5N2O/c23-12-5-7-18-15(8-12)21(32)20(14-2-1-3-16(19(14)24)22(27,28)29)30-31(18)10-11-4-6-13(25)9-17(11)26/h1-9H,10H2. The number of halogens is 7. The topological polar surface area (TPSA) is 34.9 Å². The minimum absolute atomic E-state index is 0.0542. The average molecular weight is 485 g/mol. The number of hydrogen-bond acceptors (Lipinski definition) is 2. The molecule has 0 saturated heterocycles. The predicted molar refractivity (Wildman–Crippen MR) is 112 cm³/mol. The van der Waals surface area contributed by atoms with Gasteiger partial charge in [0.15, 0.2) is 0 Å². The summed E-state index contributed by atoms with van der Waals surface area (Å²) in [5, 5.41) is 3.77. The average Bonchev–Trinajstić information content (AvgIpc) is 2.71. The van der Waals surface area contributed by atoms with Crippen molar-refractivity contribution in [1.29, 1.82) is 0 Å². The quantitative estimate of drug-likeness (QED) is 0.302. The highest BCUT2D eigenvalue weighted by molar-refractivity contribution is 6.34. The van der Waals surface area contributed by atoms with E-state index in [0.717, 1.165) is 18.2 Å². The lowest BCUT2D eigenvalue weighted by Gasteiger charge is -2.15. The highest BCUT2D eigenvalue weighted by Crippen LogP contribution is 2.39. The molecule has 1 heterocycles. The van der Waals surface area contributed by atoms with Gasteiger partial charge in [-0.2, -0.15) is 18.3 Å². The van der Waals surface area contributed by atoms with E-state index in [1.165, 1.54) is 35.0 Å². The predicted octanol–water partition coefficient (Wildman–Crippen LogP) is 6.72. The number of fused-ring (bicyclic) bond motifs is 1. The van der Waals surface area contributed by atoms with E-state index in [1.807, 2.05) is 0 Å². The summed E-state index contributed by atoms with van der Waals surface area (Å²) in [6.45, 7) is -0.228. The Morgan fingerprint density at radius 1 is 0.969 bits per heavy atom. The van der Waals surface area contributed by atoms with Crippen molar-refractivity contribution in [2.24, 2.45) is 0 Å². The molecule has 3 aromatic carbocycles. The first-order valence-corrected chi connectivity index (χ1v) is 9.82. The second kappa shape index (κ2) is 8.18. The van der Waals surface area contributed by atoms with Gasteiger partial charge in [0, 0.05) is 22.2 Å². The van der Waals surface area contributed by atoms with Crippen LogP contribution in [-0.4, -0.2) is 9.78 Å². The number of rotatable bonds is 3. The van der Waals surface area contributed by atoms with E-state index >= 15 is 0 Å². The Morgan fingerprint density at radius 2 is 1.72 bits per heavy atom. The second-order valence-corrected chi connectivity index (χ2v) is 7.71. The van der Waals surface area contributed by atoms with Gasteiger partial charge in [-0.25, -0.2) is 8.78 Å². The van der Waals surface area contributed by atoms with Gasteiger partial charge in [-0.05, 0) is 30.3 Å². The maximum atomic E-state index is 14.2. The zero-order valence-electron chi connectivity index (χ0n) is 15.9. The van der Waals surface area contributed by atoms with Crippen molar-refractivity contribution >= 4 is 34.1 Å². The maximum absolute atomic E-state index is 14.2. The highest BCUT2D eigenvalue weighted by atomic mass is 35.5. The minimum Gasteiger partial charge on any atom is -0.287 e. The molecular weight excluding hydrogens is 474 g/mol. The van der Waals surface area contributed by atoms with Crippen LogP contribution in [0.5, 0.6) is 0 Å². The lowest BCUT2D eigenvalue weighted by atomic mass is 10.0. The van der Waals surface area contributed by atoms with E-state index in [1.54, 1.807) is 0 Å². The monoisotopic (exact) mass is 484 g/mol. The molecule has 10 heteroatoms. The van der Waals surface area contributed by atoms with Gasteiger partial charge in [-0.15, -0.1) is 0 Å². The van der Waals surface area contributed by atoms with Crippen LogP contribution in [0.2, 0.25) is 10.0 Å². The normalized spacial score (nSPS) is 11.8. The SMILES string of the molecule is O=c1c(-c2cccc(C(F)(F)F)c2Cl)nn(Cc2ccc(F)cc2F)c2ccc(Cl)cc12. The van der Waals surface area contributed by atoms with Gasteiger partial charge in [-0.1, -0.05) is 41.4 Å². The van der Waals surface area contributed by atoms with Crippen molar-refractivity contribution in [2.45, 2.75) is 12.7 Å². The van der Waals surface area contributed by atoms with Crippen LogP contribution in [0.1, 0.15) is 11.1 Å². The summed E-state index contributed by atoms with van der Waals surface area (Å²) in [7, 11) is 0. The molecule has 0 atom stereocenters. The molecule has 0 saturated carbocycles. The summed E-state index contributed by atoms with van der Waals surface area (Å²) in [5.74, 6) is -1.61. The molecule has 32 heavy (non-hydrogen) atoms. The molecule has 3 nitrogen and oxygen atoms in total. The highest BCUT2D eigenvalue weighted by Gasteiger charge is 2.34. The Hall–Kier alpha value is -2.97. The zero-order chi connectivity index (χ0) is 23.2. The third-order valence-electron chi connectivity index (χ3n) is 4.81. The number of aromatic nitrogens is 2. The fraction of sp³-hybridized carbons (Fsp3) is 0.0909. The molecule has 1 aromatic heterocycles. The molecule has 4 aromatic rings. The first-order valence-electron chi connectivity index (χ1n) is 9.06. The van der Waals surface area contributed by atoms with Crippen LogP contribution in [0, 0.1) is 11.6 Å². The summed E-state index contributed by atoms with van der Waals surface area (Å²) in [6.07, 6.45) is -4.75. The van der Waals surface area contributed by atoms with E-state index in [-0.39, 0.29) is 39.3 Å². The van der Waals surface area contributed by atoms with Crippen LogP contribution in [0.15, 0.2) is 59.4 Å². The zero-order valence-corrected chi connectivity index (χ0v) is 17.4. The second-order valence-electron chi connectivity index (χ2n) is 6.90. The molecule has 0 spiro atoms. The number of alkyl halides is 3. The summed E-state index contributed by atoms with van der Waals surface area (Å²) < 4.78 is 68.7. The van der Waals surface area contributed by atoms with Crippen LogP contribution in [0.3, 0.4) is 0 Å². The van der Waals surface area contributed by atoms with Gasteiger partial charge >= 0.3 is 6.18 Å². The van der Waals surface area contributed by atoms with Crippen LogP contribution in [0.25, 0.3) is 22.2 Å². The third kappa shape index (κ3) is 4.08. The van der Waals surface area contributed by atoms with Crippen molar-refractivity contribution in [2.75, 3.05) is 0 Å². The molecule has 0 fully saturated rings. The van der Waals surface area contributed by atoms with Crippen molar-refractivity contribution in [3.63, 3.8) is 0 Å². The largest absolute Gasteiger partial charge is 0.417 e. The maximum Gasteiger partial charge on any atom is 0.417 e. The number of hydrogen-bond donors (Lipinski definition) is 0. The molecule has 4 rings (SSSR count). The van der Waals surface area contributed by atoms with Crippen molar-refractivity contribution < 1.29 is 22.0 Å².